The highest BCUT2D eigenvalue weighted by Gasteiger charge is 2.53. The van der Waals surface area contributed by atoms with Gasteiger partial charge in [-0.3, -0.25) is 33.6 Å². The molecule has 3 fully saturated rings. The number of hydrogen-bond acceptors (Lipinski definition) is 31. The summed E-state index contributed by atoms with van der Waals surface area (Å²) in [6.45, 7) is 5.38. The Kier molecular flexibility index (Phi) is 29.1. The van der Waals surface area contributed by atoms with Crippen LogP contribution in [0.3, 0.4) is 0 Å². The number of carbonyl (C=O) groups is 8. The molecule has 0 spiro atoms. The number of fused-ring (bicyclic) bond motifs is 15. The van der Waals surface area contributed by atoms with Crippen molar-refractivity contribution in [2.24, 2.45) is 17.4 Å². The fraction of sp³-hybridized carbons (Fsp3) is 0.412. The van der Waals surface area contributed by atoms with Gasteiger partial charge in [-0.05, 0) is 152 Å². The quantitative estimate of drug-likeness (QED) is 0.0490. The maximum atomic E-state index is 16.4. The van der Waals surface area contributed by atoms with E-state index in [2.05, 4.69) is 42.5 Å². The van der Waals surface area contributed by atoms with Gasteiger partial charge in [0.25, 0.3) is 0 Å². The third kappa shape index (κ3) is 21.0. The molecule has 0 aliphatic carbocycles. The zero-order valence-electron chi connectivity index (χ0n) is 68.2. The molecule has 1 unspecified atom stereocenters. The molecule has 7 aromatic rings. The number of phenolic OH excluding ortho intramolecular Hbond substituents is 3. The lowest BCUT2D eigenvalue weighted by molar-refractivity contribution is -0.350. The van der Waals surface area contributed by atoms with E-state index in [1.807, 2.05) is 0 Å². The number of phenols is 3. The number of nitrogens with two attached hydrogens (primary N) is 2. The van der Waals surface area contributed by atoms with E-state index in [1.54, 1.807) is 62.4 Å². The van der Waals surface area contributed by atoms with Gasteiger partial charge in [0.1, 0.15) is 131 Å². The fourth-order valence-electron chi connectivity index (χ4n) is 15.7. The number of primary amides is 1. The number of amides is 7. The molecule has 7 aromatic carbocycles. The van der Waals surface area contributed by atoms with E-state index >= 15 is 24.0 Å². The Morgan fingerprint density at radius 2 is 1.24 bits per heavy atom. The summed E-state index contributed by atoms with van der Waals surface area (Å²) in [5, 5.41) is 160. The van der Waals surface area contributed by atoms with Gasteiger partial charge in [0.2, 0.25) is 53.4 Å². The number of likely N-dealkylation sites (N-methyl/N-ethyl adjacent to an activating group) is 1. The molecular formula is C85H95Cl3N10O29. The van der Waals surface area contributed by atoms with Crippen LogP contribution in [0.5, 0.6) is 57.5 Å². The Morgan fingerprint density at radius 3 is 1.86 bits per heavy atom. The van der Waals surface area contributed by atoms with Gasteiger partial charge in [-0.15, -0.1) is 0 Å². The van der Waals surface area contributed by atoms with Gasteiger partial charge in [0.15, 0.2) is 30.1 Å². The molecule has 127 heavy (non-hydrogen) atoms. The summed E-state index contributed by atoms with van der Waals surface area (Å²) in [5.74, 6) is -15.7. The van der Waals surface area contributed by atoms with Crippen molar-refractivity contribution in [3.8, 4) is 68.6 Å². The summed E-state index contributed by atoms with van der Waals surface area (Å²) in [4.78, 5) is 120. The molecule has 0 radical (unpaired) electrons. The maximum absolute atomic E-state index is 16.4. The van der Waals surface area contributed by atoms with Crippen molar-refractivity contribution in [2.75, 3.05) is 20.2 Å². The van der Waals surface area contributed by atoms with Crippen LogP contribution in [0.25, 0.3) is 11.1 Å². The lowest BCUT2D eigenvalue weighted by Gasteiger charge is -2.46. The van der Waals surface area contributed by atoms with E-state index in [1.165, 1.54) is 33.0 Å². The number of aliphatic carboxylic acids is 1. The molecule has 8 aliphatic rings. The number of benzene rings is 7. The van der Waals surface area contributed by atoms with E-state index < -0.39 is 284 Å². The number of carboxylic acids is 1. The van der Waals surface area contributed by atoms with Crippen LogP contribution in [0.2, 0.25) is 15.1 Å². The van der Waals surface area contributed by atoms with Crippen molar-refractivity contribution in [1.82, 2.24) is 42.5 Å². The van der Waals surface area contributed by atoms with Crippen molar-refractivity contribution < 1.29 is 142 Å². The summed E-state index contributed by atoms with van der Waals surface area (Å²) in [6, 6.07) is 12.6. The smallest absolute Gasteiger partial charge is 0.330 e. The number of aliphatic hydroxyl groups excluding tert-OH is 8. The van der Waals surface area contributed by atoms with Crippen LogP contribution in [0.1, 0.15) is 111 Å². The minimum atomic E-state index is -2.43. The normalized spacial score (nSPS) is 29.4. The molecule has 42 heteroatoms. The minimum absolute atomic E-state index is 0.132. The van der Waals surface area contributed by atoms with Crippen LogP contribution in [0.15, 0.2) is 127 Å². The Balaban J connectivity index is 0.953. The summed E-state index contributed by atoms with van der Waals surface area (Å²) in [6.07, 6.45) is -29.3. The van der Waals surface area contributed by atoms with Crippen LogP contribution in [0, 0.1) is 5.92 Å². The molecule has 0 saturated carbocycles. The first-order valence-electron chi connectivity index (χ1n) is 40.1. The molecular weight excluding hydrogens is 1730 g/mol. The summed E-state index contributed by atoms with van der Waals surface area (Å²) >= 11 is 20.5. The molecule has 11 bridgehead atoms. The van der Waals surface area contributed by atoms with E-state index in [-0.39, 0.29) is 43.0 Å². The third-order valence-electron chi connectivity index (χ3n) is 22.3. The first kappa shape index (κ1) is 93.8. The molecule has 24 N–H and O–H groups in total. The highest BCUT2D eigenvalue weighted by atomic mass is 35.5. The number of hydrogen-bond donors (Lipinski definition) is 22. The number of carbonyl (C=O) groups excluding carboxylic acids is 7. The lowest BCUT2D eigenvalue weighted by Crippen LogP contribution is -2.65. The largest absolute Gasteiger partial charge is 0.508 e. The van der Waals surface area contributed by atoms with E-state index in [9.17, 15) is 75.7 Å². The fourth-order valence-corrected chi connectivity index (χ4v) is 16.3. The van der Waals surface area contributed by atoms with Crippen LogP contribution >= 0.6 is 34.8 Å². The second kappa shape index (κ2) is 39.4. The van der Waals surface area contributed by atoms with Crippen LogP contribution < -0.4 is 72.9 Å². The van der Waals surface area contributed by atoms with Gasteiger partial charge < -0.3 is 158 Å². The average molecular weight is 1830 g/mol. The van der Waals surface area contributed by atoms with Crippen LogP contribution in [0.4, 0.5) is 0 Å². The predicted octanol–water partition coefficient (Wildman–Crippen LogP) is 2.17. The van der Waals surface area contributed by atoms with Crippen molar-refractivity contribution in [2.45, 2.75) is 193 Å². The Bertz CT molecular complexity index is 5280. The highest BCUT2D eigenvalue weighted by Crippen LogP contribution is 2.51. The summed E-state index contributed by atoms with van der Waals surface area (Å²) in [5.41, 5.74) is 8.71. The summed E-state index contributed by atoms with van der Waals surface area (Å²) in [7, 11) is 1.46. The van der Waals surface area contributed by atoms with Gasteiger partial charge in [-0.25, -0.2) is 4.79 Å². The zero-order chi connectivity index (χ0) is 91.6. The average Bonchev–Trinajstić information content (AvgIpc) is 0.761. The molecule has 3 saturated heterocycles. The monoisotopic (exact) mass is 1820 g/mol. The van der Waals surface area contributed by atoms with Gasteiger partial charge in [0.05, 0.1) is 41.3 Å². The number of aromatic hydroxyl groups is 3. The Labute approximate surface area is 738 Å². The van der Waals surface area contributed by atoms with E-state index in [0.717, 1.165) is 72.3 Å². The van der Waals surface area contributed by atoms with Crippen molar-refractivity contribution in [3.05, 3.63) is 176 Å². The lowest BCUT2D eigenvalue weighted by atomic mass is 9.86. The minimum Gasteiger partial charge on any atom is -0.508 e. The number of carboxylic acid groups (broad SMARTS) is 1. The topological polar surface area (TPSA) is 611 Å². The molecule has 8 heterocycles. The molecule has 39 nitrogen and oxygen atoms in total. The predicted molar refractivity (Wildman–Crippen MR) is 445 cm³/mol. The molecule has 23 atom stereocenters. The number of halogens is 3. The van der Waals surface area contributed by atoms with Crippen molar-refractivity contribution in [3.63, 3.8) is 0 Å². The Hall–Kier alpha value is -10.9. The third-order valence-corrected chi connectivity index (χ3v) is 23.2. The number of nitrogens with one attached hydrogen (secondary N) is 8. The van der Waals surface area contributed by atoms with Crippen LogP contribution in [-0.4, -0.2) is 238 Å². The SMILES string of the molecule is CN[C@H](CC(C)C)C(=O)N[C@H]1C(=O)N[C@@H](CC(N)=O)C(=O)N[C@H]2C(=O)N[C@H]3C(=O)N[C@H](C(=O)N[C@@H](C(=O)O)c4cc(O)cc(O)c4-c4cc3ccc4O)[C@H](OC3C[C@](C)(N)[C@@H](O)[C@H](C)O3)c3ccc(c(Cl)c3)Oc3cc2cc(c3O[C@@H]2O[C@H](CO)[C@@H](O[C@@H]3O[C@H](CNCc4ccc(Oc5ccc(Cl)cc5)cc4)[C@H](O)[C@H](O)[C@H]3O)[C@H](O)[C@H]2O)Oc2ccc(cc2Cl)[C@H]1O. The summed E-state index contributed by atoms with van der Waals surface area (Å²) < 4.78 is 57.1. The molecule has 8 aliphatic heterocycles. The van der Waals surface area contributed by atoms with Crippen LogP contribution in [-0.2, 0) is 68.6 Å². The zero-order valence-corrected chi connectivity index (χ0v) is 70.5. The number of ether oxygens (including phenoxy) is 9. The first-order chi connectivity index (χ1) is 60.3. The van der Waals surface area contributed by atoms with Gasteiger partial charge >= 0.3 is 5.97 Å². The molecule has 7 amide bonds. The molecule has 0 aromatic heterocycles. The second-order valence-corrected chi connectivity index (χ2v) is 33.4. The van der Waals surface area contributed by atoms with E-state index in [4.69, 9.17) is 88.9 Å². The second-order valence-electron chi connectivity index (χ2n) is 32.2. The standard InChI is InChI=1S/C85H95Cl3N10O29/c1-33(2)20-48(91-5)76(111)97-64-66(104)37-9-18-52(46(87)22-37)121-54-24-39-25-55(73(54)126-84-71(109)69(107)74(57(32-99)124-84)127-83-70(108)68(106)67(105)56(123-83)31-92-30-35-6-13-42(14-7-35)120-43-15-11-40(86)12-16-43)122-53-19-10-38(23-47(53)88)72(125-59-29-85(4,90)75(110)34(3)119-59)65-81(116)96-63(82(117)118)45-26-41(100)27-51(102)60(45)44-21-36(8-17-50(44)101)61(78(113)98-65)95-79(114)62(39)94-77(112)49(28-58(89)103)93-80(64)115/h6-19,21-27,33-34,48-49,56-57,59,61-72,74-75,83-84,91-92,99-102,104-110H,20,28-32,90H2,1-5H3,(H2,89,103)(H,93,115)(H,94,112)(H,95,114)(H,96,116)(H,97,111)(H,98,113)(H,117,118)/t34-,48+,49-,56+,57+,59?,61+,62+,63+,64+,65-,66+,67-,68-,69+,70+,71+,72+,74+,75-,83-,84-,85-/m0/s1. The highest BCUT2D eigenvalue weighted by molar-refractivity contribution is 6.32. The number of aliphatic hydroxyl groups is 8. The van der Waals surface area contributed by atoms with Crippen molar-refractivity contribution in [1.29, 1.82) is 0 Å². The van der Waals surface area contributed by atoms with Crippen molar-refractivity contribution >= 4 is 82.1 Å². The molecule has 680 valence electrons. The first-order valence-corrected chi connectivity index (χ1v) is 41.3. The maximum Gasteiger partial charge on any atom is 0.330 e. The van der Waals surface area contributed by atoms with Gasteiger partial charge in [0, 0.05) is 52.8 Å². The van der Waals surface area contributed by atoms with E-state index in [0.29, 0.717) is 16.5 Å². The van der Waals surface area contributed by atoms with Gasteiger partial charge in [-0.1, -0.05) is 79.0 Å². The van der Waals surface area contributed by atoms with Gasteiger partial charge in [-0.2, -0.15) is 0 Å². The molecule has 15 rings (SSSR count). The number of rotatable bonds is 21. The Morgan fingerprint density at radius 1 is 0.630 bits per heavy atom.